The number of nitrogens with one attached hydrogen (secondary N) is 1. The molecule has 0 aliphatic heterocycles. The van der Waals surface area contributed by atoms with E-state index in [9.17, 15) is 4.79 Å². The molecule has 0 radical (unpaired) electrons. The van der Waals surface area contributed by atoms with Crippen molar-refractivity contribution in [3.63, 3.8) is 0 Å². The van der Waals surface area contributed by atoms with Crippen molar-refractivity contribution in [2.24, 2.45) is 7.05 Å². The number of methoxy groups -OCH3 is 1. The summed E-state index contributed by atoms with van der Waals surface area (Å²) in [6, 6.07) is 12.5. The maximum Gasteiger partial charge on any atom is 0.287 e. The first-order valence-electron chi connectivity index (χ1n) is 8.18. The van der Waals surface area contributed by atoms with Crippen LogP contribution in [0, 0.1) is 6.92 Å². The topological polar surface area (TPSA) is 78.5 Å². The number of hydrogen-bond acceptors (Lipinski definition) is 5. The zero-order valence-corrected chi connectivity index (χ0v) is 15.0. The summed E-state index contributed by atoms with van der Waals surface area (Å²) in [5, 5.41) is 7.07. The van der Waals surface area contributed by atoms with Gasteiger partial charge in [-0.05, 0) is 49.4 Å². The van der Waals surface area contributed by atoms with E-state index in [4.69, 9.17) is 13.9 Å². The molecule has 0 bridgehead atoms. The second kappa shape index (κ2) is 7.77. The molecule has 0 aliphatic carbocycles. The van der Waals surface area contributed by atoms with Gasteiger partial charge in [0.25, 0.3) is 5.91 Å². The maximum absolute atomic E-state index is 12.2. The summed E-state index contributed by atoms with van der Waals surface area (Å²) in [5.74, 6) is 2.00. The number of hydrogen-bond donors (Lipinski definition) is 1. The number of amides is 1. The van der Waals surface area contributed by atoms with Gasteiger partial charge in [0.2, 0.25) is 0 Å². The second-order valence-electron chi connectivity index (χ2n) is 5.81. The van der Waals surface area contributed by atoms with Gasteiger partial charge in [0.05, 0.1) is 25.0 Å². The van der Waals surface area contributed by atoms with E-state index in [1.165, 1.54) is 0 Å². The quantitative estimate of drug-likeness (QED) is 0.705. The van der Waals surface area contributed by atoms with Crippen molar-refractivity contribution in [2.45, 2.75) is 20.1 Å². The van der Waals surface area contributed by atoms with Crippen LogP contribution in [0.25, 0.3) is 0 Å². The molecular formula is C19H21N3O4. The predicted molar refractivity (Wildman–Crippen MR) is 95.1 cm³/mol. The van der Waals surface area contributed by atoms with Crippen molar-refractivity contribution in [3.8, 4) is 11.5 Å². The number of carbonyl (C=O) groups excluding carboxylic acids is 1. The highest BCUT2D eigenvalue weighted by Crippen LogP contribution is 2.19. The smallest absolute Gasteiger partial charge is 0.287 e. The monoisotopic (exact) mass is 355 g/mol. The van der Waals surface area contributed by atoms with Crippen LogP contribution in [0.5, 0.6) is 11.5 Å². The third-order valence-corrected chi connectivity index (χ3v) is 3.85. The molecule has 7 heteroatoms. The molecule has 0 aliphatic rings. The van der Waals surface area contributed by atoms with Crippen LogP contribution >= 0.6 is 0 Å². The van der Waals surface area contributed by atoms with E-state index in [0.29, 0.717) is 18.1 Å². The highest BCUT2D eigenvalue weighted by Gasteiger charge is 2.12. The molecule has 0 fully saturated rings. The zero-order valence-electron chi connectivity index (χ0n) is 15.0. The third-order valence-electron chi connectivity index (χ3n) is 3.85. The lowest BCUT2D eigenvalue weighted by atomic mass is 10.3. The Morgan fingerprint density at radius 1 is 1.19 bits per heavy atom. The number of carbonyl (C=O) groups is 1. The van der Waals surface area contributed by atoms with Gasteiger partial charge in [0, 0.05) is 7.05 Å². The SMILES string of the molecule is COc1ccc(OCc2ccc(C(=O)NCc3cc(C)nn3C)o2)cc1. The molecule has 3 aromatic rings. The Hall–Kier alpha value is -3.22. The van der Waals surface area contributed by atoms with Gasteiger partial charge in [0.1, 0.15) is 23.9 Å². The fourth-order valence-electron chi connectivity index (χ4n) is 2.49. The van der Waals surface area contributed by atoms with Gasteiger partial charge in [-0.1, -0.05) is 0 Å². The van der Waals surface area contributed by atoms with Crippen molar-refractivity contribution >= 4 is 5.91 Å². The van der Waals surface area contributed by atoms with Crippen LogP contribution in [-0.4, -0.2) is 22.8 Å². The van der Waals surface area contributed by atoms with Crippen molar-refractivity contribution in [3.05, 3.63) is 65.4 Å². The highest BCUT2D eigenvalue weighted by atomic mass is 16.5. The lowest BCUT2D eigenvalue weighted by Gasteiger charge is -2.05. The number of benzene rings is 1. The zero-order chi connectivity index (χ0) is 18.5. The highest BCUT2D eigenvalue weighted by molar-refractivity contribution is 5.91. The average molecular weight is 355 g/mol. The Kier molecular flexibility index (Phi) is 5.26. The van der Waals surface area contributed by atoms with Crippen LogP contribution in [0.4, 0.5) is 0 Å². The molecule has 3 rings (SSSR count). The van der Waals surface area contributed by atoms with Gasteiger partial charge in [-0.2, -0.15) is 5.10 Å². The Morgan fingerprint density at radius 2 is 1.92 bits per heavy atom. The molecule has 2 heterocycles. The number of nitrogens with zero attached hydrogens (tertiary/aromatic N) is 2. The molecule has 1 amide bonds. The number of aryl methyl sites for hydroxylation is 2. The summed E-state index contributed by atoms with van der Waals surface area (Å²) in [7, 11) is 3.46. The van der Waals surface area contributed by atoms with Gasteiger partial charge < -0.3 is 19.2 Å². The van der Waals surface area contributed by atoms with Gasteiger partial charge >= 0.3 is 0 Å². The molecule has 7 nitrogen and oxygen atoms in total. The molecule has 0 atom stereocenters. The van der Waals surface area contributed by atoms with Crippen LogP contribution in [0.3, 0.4) is 0 Å². The summed E-state index contributed by atoms with van der Waals surface area (Å²) >= 11 is 0. The Morgan fingerprint density at radius 3 is 2.58 bits per heavy atom. The number of ether oxygens (including phenoxy) is 2. The minimum absolute atomic E-state index is 0.237. The van der Waals surface area contributed by atoms with Gasteiger partial charge in [-0.3, -0.25) is 9.48 Å². The molecule has 2 aromatic heterocycles. The van der Waals surface area contributed by atoms with E-state index >= 15 is 0 Å². The van der Waals surface area contributed by atoms with E-state index in [1.54, 1.807) is 23.9 Å². The minimum atomic E-state index is -0.278. The summed E-state index contributed by atoms with van der Waals surface area (Å²) in [6.45, 7) is 2.53. The first-order chi connectivity index (χ1) is 12.5. The molecule has 0 unspecified atom stereocenters. The van der Waals surface area contributed by atoms with E-state index < -0.39 is 0 Å². The summed E-state index contributed by atoms with van der Waals surface area (Å²) in [5.41, 5.74) is 1.83. The Balaban J connectivity index is 1.53. The summed E-state index contributed by atoms with van der Waals surface area (Å²) in [4.78, 5) is 12.2. The van der Waals surface area contributed by atoms with Gasteiger partial charge in [-0.15, -0.1) is 0 Å². The summed E-state index contributed by atoms with van der Waals surface area (Å²) in [6.07, 6.45) is 0. The van der Waals surface area contributed by atoms with Crippen LogP contribution in [0.15, 0.2) is 46.9 Å². The standard InChI is InChI=1S/C19H21N3O4/c1-13-10-14(22(2)21-13)11-20-19(23)18-9-8-17(26-18)12-25-16-6-4-15(24-3)5-7-16/h4-10H,11-12H2,1-3H3,(H,20,23). The molecule has 136 valence electrons. The fourth-order valence-corrected chi connectivity index (χ4v) is 2.49. The lowest BCUT2D eigenvalue weighted by Crippen LogP contribution is -2.23. The molecule has 0 saturated heterocycles. The Bertz CT molecular complexity index is 881. The summed E-state index contributed by atoms with van der Waals surface area (Å²) < 4.78 is 18.0. The number of furan rings is 1. The van der Waals surface area contributed by atoms with E-state index in [-0.39, 0.29) is 18.3 Å². The minimum Gasteiger partial charge on any atom is -0.497 e. The van der Waals surface area contributed by atoms with Gasteiger partial charge in [-0.25, -0.2) is 0 Å². The lowest BCUT2D eigenvalue weighted by molar-refractivity contribution is 0.0918. The van der Waals surface area contributed by atoms with Crippen molar-refractivity contribution < 1.29 is 18.7 Å². The molecule has 0 saturated carbocycles. The number of aromatic nitrogens is 2. The maximum atomic E-state index is 12.2. The first-order valence-corrected chi connectivity index (χ1v) is 8.18. The molecule has 1 N–H and O–H groups in total. The normalized spacial score (nSPS) is 10.6. The Labute approximate surface area is 151 Å². The fraction of sp³-hybridized carbons (Fsp3) is 0.263. The van der Waals surface area contributed by atoms with Crippen molar-refractivity contribution in [1.29, 1.82) is 0 Å². The van der Waals surface area contributed by atoms with Crippen LogP contribution in [0.1, 0.15) is 27.7 Å². The van der Waals surface area contributed by atoms with Crippen molar-refractivity contribution in [2.75, 3.05) is 7.11 Å². The predicted octanol–water partition coefficient (Wildman–Crippen LogP) is 2.84. The van der Waals surface area contributed by atoms with Crippen LogP contribution in [0.2, 0.25) is 0 Å². The molecule has 26 heavy (non-hydrogen) atoms. The third kappa shape index (κ3) is 4.24. The largest absolute Gasteiger partial charge is 0.497 e. The van der Waals surface area contributed by atoms with Crippen LogP contribution in [-0.2, 0) is 20.2 Å². The molecule has 0 spiro atoms. The number of rotatable bonds is 7. The van der Waals surface area contributed by atoms with E-state index in [1.807, 2.05) is 44.3 Å². The van der Waals surface area contributed by atoms with Crippen molar-refractivity contribution in [1.82, 2.24) is 15.1 Å². The van der Waals surface area contributed by atoms with E-state index in [0.717, 1.165) is 17.1 Å². The molecular weight excluding hydrogens is 334 g/mol. The van der Waals surface area contributed by atoms with E-state index in [2.05, 4.69) is 10.4 Å². The second-order valence-corrected chi connectivity index (χ2v) is 5.81. The van der Waals surface area contributed by atoms with Gasteiger partial charge in [0.15, 0.2) is 5.76 Å². The average Bonchev–Trinajstić information content (AvgIpc) is 3.24. The first kappa shape index (κ1) is 17.6. The molecule has 1 aromatic carbocycles. The van der Waals surface area contributed by atoms with Crippen LogP contribution < -0.4 is 14.8 Å².